The van der Waals surface area contributed by atoms with Gasteiger partial charge in [0.15, 0.2) is 5.69 Å². The number of carbonyl (C=O) groups is 1. The van der Waals surface area contributed by atoms with Crippen LogP contribution in [-0.2, 0) is 6.42 Å². The van der Waals surface area contributed by atoms with E-state index in [1.165, 1.54) is 10.6 Å². The van der Waals surface area contributed by atoms with E-state index < -0.39 is 5.91 Å². The minimum Gasteiger partial charge on any atom is -0.361 e. The van der Waals surface area contributed by atoms with E-state index in [2.05, 4.69) is 25.5 Å². The fraction of sp³-hybridized carbons (Fsp3) is 0.357. The highest BCUT2D eigenvalue weighted by Crippen LogP contribution is 2.08. The summed E-state index contributed by atoms with van der Waals surface area (Å²) in [6.45, 7) is 5.45. The molecule has 0 aromatic carbocycles. The summed E-state index contributed by atoms with van der Waals surface area (Å²) in [7, 11) is 0. The maximum absolute atomic E-state index is 12.4. The molecule has 23 heavy (non-hydrogen) atoms. The van der Waals surface area contributed by atoms with Gasteiger partial charge in [0, 0.05) is 11.6 Å². The lowest BCUT2D eigenvalue weighted by Crippen LogP contribution is -2.22. The van der Waals surface area contributed by atoms with Gasteiger partial charge < -0.3 is 4.52 Å². The Hall–Kier alpha value is -2.97. The van der Waals surface area contributed by atoms with Crippen LogP contribution in [0.15, 0.2) is 15.4 Å². The minimum atomic E-state index is -0.487. The van der Waals surface area contributed by atoms with E-state index in [1.54, 1.807) is 13.8 Å². The molecule has 1 amide bonds. The van der Waals surface area contributed by atoms with Crippen LogP contribution in [0, 0.1) is 13.8 Å². The molecule has 0 aliphatic rings. The Bertz CT molecular complexity index is 936. The van der Waals surface area contributed by atoms with Crippen LogP contribution in [0.4, 0.5) is 5.95 Å². The number of carbonyl (C=O) groups excluding carboxylic acids is 1. The molecule has 0 unspecified atom stereocenters. The molecule has 120 valence electrons. The summed E-state index contributed by atoms with van der Waals surface area (Å²) in [5.74, 6) is 0.365. The van der Waals surface area contributed by atoms with Crippen molar-refractivity contribution in [3.8, 4) is 0 Å². The molecule has 0 atom stereocenters. The van der Waals surface area contributed by atoms with Crippen molar-refractivity contribution in [3.05, 3.63) is 39.1 Å². The number of hydrogen-bond acceptors (Lipinski definition) is 6. The standard InChI is InChI=1S/C14H16N6O3/c1-4-5-9-8(3)15-14-17-13(18-20(14)12(9)22)16-11(21)10-6-7(2)23-19-10/h6H,4-5H2,1-3H3,(H2,15,16,17,18,21). The van der Waals surface area contributed by atoms with Crippen LogP contribution in [0.3, 0.4) is 0 Å². The van der Waals surface area contributed by atoms with Gasteiger partial charge in [-0.3, -0.25) is 20.0 Å². The molecular formula is C14H16N6O3. The van der Waals surface area contributed by atoms with Gasteiger partial charge in [-0.2, -0.15) is 9.50 Å². The van der Waals surface area contributed by atoms with E-state index in [0.717, 1.165) is 6.42 Å². The Morgan fingerprint density at radius 1 is 1.39 bits per heavy atom. The fourth-order valence-electron chi connectivity index (χ4n) is 2.29. The molecule has 2 N–H and O–H groups in total. The molecule has 0 bridgehead atoms. The molecule has 3 heterocycles. The molecule has 3 aromatic rings. The van der Waals surface area contributed by atoms with Gasteiger partial charge in [-0.15, -0.1) is 0 Å². The van der Waals surface area contributed by atoms with Crippen LogP contribution in [-0.4, -0.2) is 30.6 Å². The van der Waals surface area contributed by atoms with Gasteiger partial charge >= 0.3 is 0 Å². The smallest absolute Gasteiger partial charge is 0.280 e. The van der Waals surface area contributed by atoms with E-state index in [-0.39, 0.29) is 23.0 Å². The molecule has 0 radical (unpaired) electrons. The molecule has 0 saturated carbocycles. The molecule has 0 spiro atoms. The Balaban J connectivity index is 1.95. The zero-order valence-corrected chi connectivity index (χ0v) is 13.0. The van der Waals surface area contributed by atoms with Gasteiger partial charge in [0.1, 0.15) is 5.76 Å². The van der Waals surface area contributed by atoms with E-state index in [1.807, 2.05) is 6.92 Å². The summed E-state index contributed by atoms with van der Waals surface area (Å²) in [4.78, 5) is 32.9. The van der Waals surface area contributed by atoms with Crippen molar-refractivity contribution in [1.82, 2.24) is 24.7 Å². The van der Waals surface area contributed by atoms with Crippen molar-refractivity contribution >= 4 is 17.6 Å². The zero-order valence-electron chi connectivity index (χ0n) is 13.0. The Morgan fingerprint density at radius 3 is 2.83 bits per heavy atom. The van der Waals surface area contributed by atoms with Crippen molar-refractivity contribution in [2.75, 3.05) is 5.32 Å². The highest BCUT2D eigenvalue weighted by Gasteiger charge is 2.16. The number of amides is 1. The first-order chi connectivity index (χ1) is 11.0. The van der Waals surface area contributed by atoms with Gasteiger partial charge in [-0.1, -0.05) is 18.5 Å². The van der Waals surface area contributed by atoms with Crippen LogP contribution in [0.25, 0.3) is 5.78 Å². The number of nitrogens with zero attached hydrogens (tertiary/aromatic N) is 4. The largest absolute Gasteiger partial charge is 0.361 e. The predicted octanol–water partition coefficient (Wildman–Crippen LogP) is 1.23. The maximum atomic E-state index is 12.4. The third-order valence-corrected chi connectivity index (χ3v) is 3.39. The molecular weight excluding hydrogens is 300 g/mol. The van der Waals surface area contributed by atoms with Crippen LogP contribution < -0.4 is 10.9 Å². The Labute approximate surface area is 130 Å². The van der Waals surface area contributed by atoms with Crippen molar-refractivity contribution in [2.45, 2.75) is 33.6 Å². The number of H-pyrrole nitrogens is 1. The van der Waals surface area contributed by atoms with Crippen molar-refractivity contribution in [1.29, 1.82) is 0 Å². The third-order valence-electron chi connectivity index (χ3n) is 3.39. The second kappa shape index (κ2) is 5.67. The van der Waals surface area contributed by atoms with E-state index >= 15 is 0 Å². The van der Waals surface area contributed by atoms with Gasteiger partial charge in [0.25, 0.3) is 17.2 Å². The second-order valence-electron chi connectivity index (χ2n) is 5.22. The quantitative estimate of drug-likeness (QED) is 0.747. The predicted molar refractivity (Wildman–Crippen MR) is 81.5 cm³/mol. The van der Waals surface area contributed by atoms with Crippen LogP contribution in [0.2, 0.25) is 0 Å². The monoisotopic (exact) mass is 316 g/mol. The van der Waals surface area contributed by atoms with Gasteiger partial charge in [0.2, 0.25) is 5.95 Å². The number of anilines is 1. The normalized spacial score (nSPS) is 11.1. The second-order valence-corrected chi connectivity index (χ2v) is 5.22. The van der Waals surface area contributed by atoms with E-state index in [4.69, 9.17) is 4.52 Å². The van der Waals surface area contributed by atoms with Crippen molar-refractivity contribution < 1.29 is 9.32 Å². The summed E-state index contributed by atoms with van der Waals surface area (Å²) in [5.41, 5.74) is 1.21. The summed E-state index contributed by atoms with van der Waals surface area (Å²) < 4.78 is 6.07. The SMILES string of the molecule is CCCc1c(C)nc2nc(NC(=O)c3cc(C)on3)[nH]n2c1=O. The molecule has 0 aliphatic heterocycles. The average Bonchev–Trinajstić information content (AvgIpc) is 3.10. The molecule has 9 nitrogen and oxygen atoms in total. The number of fused-ring (bicyclic) bond motifs is 1. The van der Waals surface area contributed by atoms with Crippen molar-refractivity contribution in [3.63, 3.8) is 0 Å². The van der Waals surface area contributed by atoms with Gasteiger partial charge in [0.05, 0.1) is 5.69 Å². The first kappa shape index (κ1) is 14.9. The van der Waals surface area contributed by atoms with Crippen LogP contribution >= 0.6 is 0 Å². The number of rotatable bonds is 4. The first-order valence-electron chi connectivity index (χ1n) is 7.22. The van der Waals surface area contributed by atoms with E-state index in [0.29, 0.717) is 23.4 Å². The fourth-order valence-corrected chi connectivity index (χ4v) is 2.29. The Morgan fingerprint density at radius 2 is 2.17 bits per heavy atom. The molecule has 3 rings (SSSR count). The zero-order chi connectivity index (χ0) is 16.6. The number of aromatic amines is 1. The highest BCUT2D eigenvalue weighted by molar-refractivity contribution is 6.01. The lowest BCUT2D eigenvalue weighted by molar-refractivity contribution is 0.101. The summed E-state index contributed by atoms with van der Waals surface area (Å²) in [6.07, 6.45) is 1.48. The Kier molecular flexibility index (Phi) is 3.68. The minimum absolute atomic E-state index is 0.119. The summed E-state index contributed by atoms with van der Waals surface area (Å²) in [6, 6.07) is 1.51. The third kappa shape index (κ3) is 2.72. The van der Waals surface area contributed by atoms with E-state index in [9.17, 15) is 9.59 Å². The maximum Gasteiger partial charge on any atom is 0.280 e. The number of nitrogens with one attached hydrogen (secondary N) is 2. The lowest BCUT2D eigenvalue weighted by atomic mass is 10.1. The van der Waals surface area contributed by atoms with Gasteiger partial charge in [-0.05, 0) is 20.3 Å². The highest BCUT2D eigenvalue weighted by atomic mass is 16.5. The molecule has 9 heteroatoms. The summed E-state index contributed by atoms with van der Waals surface area (Å²) in [5, 5.41) is 8.89. The summed E-state index contributed by atoms with van der Waals surface area (Å²) >= 11 is 0. The number of hydrogen-bond donors (Lipinski definition) is 2. The van der Waals surface area contributed by atoms with Gasteiger partial charge in [-0.25, -0.2) is 4.98 Å². The number of aromatic nitrogens is 5. The van der Waals surface area contributed by atoms with Crippen molar-refractivity contribution in [2.24, 2.45) is 0 Å². The van der Waals surface area contributed by atoms with Crippen LogP contribution in [0.5, 0.6) is 0 Å². The molecule has 0 fully saturated rings. The average molecular weight is 316 g/mol. The molecule has 0 saturated heterocycles. The molecule has 0 aliphatic carbocycles. The number of aryl methyl sites for hydroxylation is 2. The lowest BCUT2D eigenvalue weighted by Gasteiger charge is -2.02. The molecule has 3 aromatic heterocycles. The first-order valence-corrected chi connectivity index (χ1v) is 7.22. The topological polar surface area (TPSA) is 118 Å². The van der Waals surface area contributed by atoms with Crippen LogP contribution in [0.1, 0.15) is 40.9 Å².